The van der Waals surface area contributed by atoms with E-state index in [9.17, 15) is 0 Å². The third kappa shape index (κ3) is 3.69. The van der Waals surface area contributed by atoms with E-state index in [1.165, 1.54) is 23.2 Å². The van der Waals surface area contributed by atoms with E-state index in [1.807, 2.05) is 12.3 Å². The predicted octanol–water partition coefficient (Wildman–Crippen LogP) is 2.93. The van der Waals surface area contributed by atoms with Crippen molar-refractivity contribution in [3.05, 3.63) is 65.5 Å². The largest absolute Gasteiger partial charge is 0.309 e. The van der Waals surface area contributed by atoms with Crippen LogP contribution in [-0.2, 0) is 6.54 Å². The molecule has 0 spiro atoms. The van der Waals surface area contributed by atoms with Crippen molar-refractivity contribution in [1.82, 2.24) is 15.2 Å². The Balaban J connectivity index is 1.72. The highest BCUT2D eigenvalue weighted by molar-refractivity contribution is 5.20. The van der Waals surface area contributed by atoms with Crippen molar-refractivity contribution in [3.8, 4) is 0 Å². The van der Waals surface area contributed by atoms with Crippen LogP contribution in [0.3, 0.4) is 0 Å². The Bertz CT molecular complexity index is 568. The number of aryl methyl sites for hydroxylation is 1. The molecule has 1 aromatic heterocycles. The van der Waals surface area contributed by atoms with E-state index in [4.69, 9.17) is 0 Å². The standard InChI is InChI=1S/C18H23N3/c1-15-7-5-10-19-17(15)13-21-12-6-11-20-18(14-21)16-8-3-2-4-9-16/h2-5,7-10,18,20H,6,11-14H2,1H3. The van der Waals surface area contributed by atoms with Gasteiger partial charge in [-0.25, -0.2) is 0 Å². The molecule has 0 saturated carbocycles. The Morgan fingerprint density at radius 1 is 1.19 bits per heavy atom. The highest BCUT2D eigenvalue weighted by Gasteiger charge is 2.19. The number of nitrogens with one attached hydrogen (secondary N) is 1. The summed E-state index contributed by atoms with van der Waals surface area (Å²) in [6, 6.07) is 15.3. The lowest BCUT2D eigenvalue weighted by Gasteiger charge is -2.24. The second-order valence-corrected chi connectivity index (χ2v) is 5.77. The van der Waals surface area contributed by atoms with Crippen LogP contribution in [0, 0.1) is 6.92 Å². The first-order valence-electron chi connectivity index (χ1n) is 7.74. The Morgan fingerprint density at radius 2 is 2.05 bits per heavy atom. The van der Waals surface area contributed by atoms with Gasteiger partial charge in [0.15, 0.2) is 0 Å². The smallest absolute Gasteiger partial charge is 0.0573 e. The summed E-state index contributed by atoms with van der Waals surface area (Å²) in [7, 11) is 0. The molecule has 0 aliphatic carbocycles. The average molecular weight is 281 g/mol. The van der Waals surface area contributed by atoms with E-state index in [1.54, 1.807) is 0 Å². The van der Waals surface area contributed by atoms with Crippen LogP contribution in [0.15, 0.2) is 48.7 Å². The highest BCUT2D eigenvalue weighted by Crippen LogP contribution is 2.18. The van der Waals surface area contributed by atoms with Crippen LogP contribution in [0.25, 0.3) is 0 Å². The van der Waals surface area contributed by atoms with Gasteiger partial charge in [-0.05, 0) is 43.6 Å². The lowest BCUT2D eigenvalue weighted by Crippen LogP contribution is -2.31. The summed E-state index contributed by atoms with van der Waals surface area (Å²) in [5.74, 6) is 0. The van der Waals surface area contributed by atoms with Crippen molar-refractivity contribution >= 4 is 0 Å². The predicted molar refractivity (Wildman–Crippen MR) is 86.1 cm³/mol. The molecule has 2 aromatic rings. The minimum Gasteiger partial charge on any atom is -0.309 e. The summed E-state index contributed by atoms with van der Waals surface area (Å²) in [4.78, 5) is 7.06. The summed E-state index contributed by atoms with van der Waals surface area (Å²) < 4.78 is 0. The summed E-state index contributed by atoms with van der Waals surface area (Å²) >= 11 is 0. The second-order valence-electron chi connectivity index (χ2n) is 5.77. The van der Waals surface area contributed by atoms with Gasteiger partial charge in [0.05, 0.1) is 5.69 Å². The van der Waals surface area contributed by atoms with Gasteiger partial charge < -0.3 is 5.32 Å². The molecule has 0 radical (unpaired) electrons. The molecule has 1 aliphatic heterocycles. The van der Waals surface area contributed by atoms with Crippen molar-refractivity contribution in [2.45, 2.75) is 25.9 Å². The van der Waals surface area contributed by atoms with E-state index >= 15 is 0 Å². The number of pyridine rings is 1. The Hall–Kier alpha value is -1.71. The first-order chi connectivity index (χ1) is 10.3. The van der Waals surface area contributed by atoms with Gasteiger partial charge in [0.25, 0.3) is 0 Å². The molecule has 1 aliphatic rings. The van der Waals surface area contributed by atoms with Crippen LogP contribution in [0.1, 0.15) is 29.3 Å². The van der Waals surface area contributed by atoms with Crippen LogP contribution in [0.2, 0.25) is 0 Å². The molecule has 1 fully saturated rings. The summed E-state index contributed by atoms with van der Waals surface area (Å²) in [5, 5.41) is 3.67. The van der Waals surface area contributed by atoms with Crippen LogP contribution in [0.4, 0.5) is 0 Å². The Labute approximate surface area is 127 Å². The molecule has 2 heterocycles. The molecule has 1 saturated heterocycles. The van der Waals surface area contributed by atoms with E-state index in [2.05, 4.69) is 58.5 Å². The molecule has 1 unspecified atom stereocenters. The van der Waals surface area contributed by atoms with Crippen LogP contribution in [0.5, 0.6) is 0 Å². The summed E-state index contributed by atoms with van der Waals surface area (Å²) in [6.07, 6.45) is 3.09. The number of rotatable bonds is 3. The molecule has 0 bridgehead atoms. The molecule has 1 atom stereocenters. The van der Waals surface area contributed by atoms with E-state index in [0.717, 1.165) is 26.2 Å². The fourth-order valence-corrected chi connectivity index (χ4v) is 2.94. The second kappa shape index (κ2) is 6.83. The van der Waals surface area contributed by atoms with E-state index < -0.39 is 0 Å². The maximum Gasteiger partial charge on any atom is 0.0573 e. The van der Waals surface area contributed by atoms with Crippen molar-refractivity contribution in [3.63, 3.8) is 0 Å². The molecule has 3 heteroatoms. The maximum atomic E-state index is 4.54. The van der Waals surface area contributed by atoms with Gasteiger partial charge >= 0.3 is 0 Å². The summed E-state index contributed by atoms with van der Waals surface area (Å²) in [6.45, 7) is 6.34. The van der Waals surface area contributed by atoms with Gasteiger partial charge in [0.1, 0.15) is 0 Å². The minimum absolute atomic E-state index is 0.415. The fraction of sp³-hybridized carbons (Fsp3) is 0.389. The molecular formula is C18H23N3. The minimum atomic E-state index is 0.415. The molecule has 3 rings (SSSR count). The number of aromatic nitrogens is 1. The molecule has 110 valence electrons. The Morgan fingerprint density at radius 3 is 2.86 bits per heavy atom. The van der Waals surface area contributed by atoms with Gasteiger partial charge in [-0.1, -0.05) is 36.4 Å². The van der Waals surface area contributed by atoms with Gasteiger partial charge in [-0.2, -0.15) is 0 Å². The summed E-state index contributed by atoms with van der Waals surface area (Å²) in [5.41, 5.74) is 3.86. The molecule has 1 aromatic carbocycles. The molecular weight excluding hydrogens is 258 g/mol. The van der Waals surface area contributed by atoms with Crippen LogP contribution < -0.4 is 5.32 Å². The normalized spacial score (nSPS) is 20.1. The average Bonchev–Trinajstić information content (AvgIpc) is 2.76. The lowest BCUT2D eigenvalue weighted by molar-refractivity contribution is 0.257. The Kier molecular flexibility index (Phi) is 4.63. The zero-order valence-electron chi connectivity index (χ0n) is 12.6. The number of benzene rings is 1. The topological polar surface area (TPSA) is 28.2 Å². The van der Waals surface area contributed by atoms with Gasteiger partial charge in [-0.3, -0.25) is 9.88 Å². The molecule has 3 nitrogen and oxygen atoms in total. The van der Waals surface area contributed by atoms with Gasteiger partial charge in [0.2, 0.25) is 0 Å². The lowest BCUT2D eigenvalue weighted by atomic mass is 10.1. The highest BCUT2D eigenvalue weighted by atomic mass is 15.2. The number of hydrogen-bond acceptors (Lipinski definition) is 3. The van der Waals surface area contributed by atoms with Crippen LogP contribution >= 0.6 is 0 Å². The zero-order chi connectivity index (χ0) is 14.5. The van der Waals surface area contributed by atoms with E-state index in [0.29, 0.717) is 6.04 Å². The van der Waals surface area contributed by atoms with Gasteiger partial charge in [0, 0.05) is 25.3 Å². The maximum absolute atomic E-state index is 4.54. The van der Waals surface area contributed by atoms with Crippen molar-refractivity contribution in [2.24, 2.45) is 0 Å². The first kappa shape index (κ1) is 14.2. The van der Waals surface area contributed by atoms with Crippen molar-refractivity contribution in [2.75, 3.05) is 19.6 Å². The third-order valence-electron chi connectivity index (χ3n) is 4.18. The zero-order valence-corrected chi connectivity index (χ0v) is 12.6. The number of nitrogens with zero attached hydrogens (tertiary/aromatic N) is 2. The van der Waals surface area contributed by atoms with Crippen LogP contribution in [-0.4, -0.2) is 29.5 Å². The third-order valence-corrected chi connectivity index (χ3v) is 4.18. The first-order valence-corrected chi connectivity index (χ1v) is 7.74. The number of hydrogen-bond donors (Lipinski definition) is 1. The monoisotopic (exact) mass is 281 g/mol. The van der Waals surface area contributed by atoms with E-state index in [-0.39, 0.29) is 0 Å². The van der Waals surface area contributed by atoms with Gasteiger partial charge in [-0.15, -0.1) is 0 Å². The van der Waals surface area contributed by atoms with Crippen molar-refractivity contribution in [1.29, 1.82) is 0 Å². The van der Waals surface area contributed by atoms with Crippen molar-refractivity contribution < 1.29 is 0 Å². The quantitative estimate of drug-likeness (QED) is 0.937. The molecule has 1 N–H and O–H groups in total. The fourth-order valence-electron chi connectivity index (χ4n) is 2.94. The molecule has 0 amide bonds. The SMILES string of the molecule is Cc1cccnc1CN1CCCNC(c2ccccc2)C1. The molecule has 21 heavy (non-hydrogen) atoms.